The Balaban J connectivity index is 1.67. The van der Waals surface area contributed by atoms with Gasteiger partial charge in [0.15, 0.2) is 0 Å². The van der Waals surface area contributed by atoms with Crippen molar-refractivity contribution in [1.82, 2.24) is 14.7 Å². The molecule has 0 bridgehead atoms. The number of carbonyl (C=O) groups is 1. The van der Waals surface area contributed by atoms with Gasteiger partial charge in [0.2, 0.25) is 0 Å². The summed E-state index contributed by atoms with van der Waals surface area (Å²) in [5.41, 5.74) is 3.71. The molecule has 28 heavy (non-hydrogen) atoms. The van der Waals surface area contributed by atoms with E-state index in [2.05, 4.69) is 5.10 Å². The first-order valence-electron chi connectivity index (χ1n) is 9.05. The Kier molecular flexibility index (Phi) is 5.68. The van der Waals surface area contributed by atoms with Gasteiger partial charge < -0.3 is 14.4 Å². The fourth-order valence-electron chi connectivity index (χ4n) is 3.02. The summed E-state index contributed by atoms with van der Waals surface area (Å²) in [6.07, 6.45) is 0. The predicted molar refractivity (Wildman–Crippen MR) is 108 cm³/mol. The van der Waals surface area contributed by atoms with Crippen molar-refractivity contribution in [1.29, 1.82) is 0 Å². The molecule has 0 saturated carbocycles. The molecule has 0 aliphatic heterocycles. The van der Waals surface area contributed by atoms with Gasteiger partial charge in [0.1, 0.15) is 17.2 Å². The average Bonchev–Trinajstić information content (AvgIpc) is 2.94. The third-order valence-corrected chi connectivity index (χ3v) is 4.80. The molecule has 0 unspecified atom stereocenters. The third kappa shape index (κ3) is 4.17. The number of nitrogens with zero attached hydrogens (tertiary/aromatic N) is 3. The summed E-state index contributed by atoms with van der Waals surface area (Å²) < 4.78 is 12.8. The van der Waals surface area contributed by atoms with E-state index in [1.165, 1.54) is 0 Å². The van der Waals surface area contributed by atoms with Crippen LogP contribution in [0.25, 0.3) is 0 Å². The Labute approximate surface area is 165 Å². The van der Waals surface area contributed by atoms with E-state index in [1.54, 1.807) is 43.3 Å². The normalized spacial score (nSPS) is 10.6. The fourth-order valence-corrected chi connectivity index (χ4v) is 3.02. The van der Waals surface area contributed by atoms with Crippen molar-refractivity contribution < 1.29 is 14.3 Å². The molecule has 6 heteroatoms. The molecular weight excluding hydrogens is 354 g/mol. The topological polar surface area (TPSA) is 56.6 Å². The first-order valence-corrected chi connectivity index (χ1v) is 9.05. The number of aromatic nitrogens is 2. The van der Waals surface area contributed by atoms with Gasteiger partial charge in [-0.2, -0.15) is 5.10 Å². The van der Waals surface area contributed by atoms with Gasteiger partial charge in [0, 0.05) is 37.5 Å². The highest BCUT2D eigenvalue weighted by molar-refractivity contribution is 5.94. The van der Waals surface area contributed by atoms with E-state index >= 15 is 0 Å². The van der Waals surface area contributed by atoms with Crippen LogP contribution in [0.15, 0.2) is 48.5 Å². The van der Waals surface area contributed by atoms with Gasteiger partial charge in [-0.1, -0.05) is 0 Å². The summed E-state index contributed by atoms with van der Waals surface area (Å²) in [5, 5.41) is 4.41. The Bertz CT molecular complexity index is 960. The molecule has 0 radical (unpaired) electrons. The average molecular weight is 379 g/mol. The molecule has 0 spiro atoms. The molecule has 0 aliphatic carbocycles. The monoisotopic (exact) mass is 379 g/mol. The van der Waals surface area contributed by atoms with Crippen LogP contribution in [-0.4, -0.2) is 34.7 Å². The summed E-state index contributed by atoms with van der Waals surface area (Å²) in [6, 6.07) is 14.5. The summed E-state index contributed by atoms with van der Waals surface area (Å²) in [4.78, 5) is 14.5. The zero-order valence-corrected chi connectivity index (χ0v) is 16.9. The van der Waals surface area contributed by atoms with E-state index in [1.807, 2.05) is 49.8 Å². The van der Waals surface area contributed by atoms with E-state index in [9.17, 15) is 4.79 Å². The predicted octanol–water partition coefficient (Wildman–Crippen LogP) is 4.11. The molecule has 3 aromatic rings. The quantitative estimate of drug-likeness (QED) is 0.647. The number of amides is 1. The van der Waals surface area contributed by atoms with Crippen LogP contribution in [0.4, 0.5) is 0 Å². The first kappa shape index (κ1) is 19.5. The van der Waals surface area contributed by atoms with E-state index in [0.717, 1.165) is 22.7 Å². The number of hydrogen-bond acceptors (Lipinski definition) is 4. The lowest BCUT2D eigenvalue weighted by Gasteiger charge is -2.18. The molecule has 0 aliphatic rings. The summed E-state index contributed by atoms with van der Waals surface area (Å²) >= 11 is 0. The van der Waals surface area contributed by atoms with E-state index < -0.39 is 0 Å². The lowest BCUT2D eigenvalue weighted by Crippen LogP contribution is -2.26. The third-order valence-electron chi connectivity index (χ3n) is 4.80. The van der Waals surface area contributed by atoms with Crippen molar-refractivity contribution in [3.63, 3.8) is 0 Å². The zero-order valence-electron chi connectivity index (χ0n) is 16.9. The van der Waals surface area contributed by atoms with E-state index in [0.29, 0.717) is 23.6 Å². The molecule has 1 heterocycles. The van der Waals surface area contributed by atoms with Crippen LogP contribution in [0.5, 0.6) is 17.2 Å². The number of ether oxygens (including phenoxy) is 2. The summed E-state index contributed by atoms with van der Waals surface area (Å²) in [6.45, 7) is 4.50. The van der Waals surface area contributed by atoms with Crippen LogP contribution in [0.2, 0.25) is 0 Å². The van der Waals surface area contributed by atoms with Gasteiger partial charge in [0.05, 0.1) is 12.8 Å². The Morgan fingerprint density at radius 3 is 2.04 bits per heavy atom. The molecular formula is C22H25N3O3. The van der Waals surface area contributed by atoms with E-state index in [-0.39, 0.29) is 5.91 Å². The molecule has 0 atom stereocenters. The molecule has 3 rings (SSSR count). The molecule has 1 aromatic heterocycles. The van der Waals surface area contributed by atoms with Crippen molar-refractivity contribution in [3.05, 3.63) is 71.0 Å². The second kappa shape index (κ2) is 8.17. The van der Waals surface area contributed by atoms with Crippen LogP contribution >= 0.6 is 0 Å². The number of methoxy groups -OCH3 is 1. The smallest absolute Gasteiger partial charge is 0.253 e. The van der Waals surface area contributed by atoms with Crippen molar-refractivity contribution in [2.45, 2.75) is 20.4 Å². The molecule has 6 nitrogen and oxygen atoms in total. The van der Waals surface area contributed by atoms with Crippen LogP contribution in [-0.2, 0) is 13.6 Å². The second-order valence-electron chi connectivity index (χ2n) is 6.74. The van der Waals surface area contributed by atoms with Gasteiger partial charge in [0.25, 0.3) is 5.91 Å². The molecule has 0 fully saturated rings. The van der Waals surface area contributed by atoms with Gasteiger partial charge in [-0.05, 0) is 62.4 Å². The van der Waals surface area contributed by atoms with Crippen LogP contribution in [0.3, 0.4) is 0 Å². The van der Waals surface area contributed by atoms with Crippen LogP contribution in [0, 0.1) is 13.8 Å². The van der Waals surface area contributed by atoms with Crippen LogP contribution < -0.4 is 9.47 Å². The largest absolute Gasteiger partial charge is 0.497 e. The standard InChI is InChI=1S/C22H25N3O3/c1-15-21(16(2)25(4)23-15)14-24(3)22(26)17-6-8-19(9-7-17)28-20-12-10-18(27-5)11-13-20/h6-13H,14H2,1-5H3. The Morgan fingerprint density at radius 2 is 1.54 bits per heavy atom. The number of rotatable bonds is 6. The van der Waals surface area contributed by atoms with Gasteiger partial charge in [-0.3, -0.25) is 9.48 Å². The zero-order chi connectivity index (χ0) is 20.3. The highest BCUT2D eigenvalue weighted by Crippen LogP contribution is 2.24. The SMILES string of the molecule is COc1ccc(Oc2ccc(C(=O)N(C)Cc3c(C)nn(C)c3C)cc2)cc1. The van der Waals surface area contributed by atoms with Crippen molar-refractivity contribution in [2.75, 3.05) is 14.2 Å². The highest BCUT2D eigenvalue weighted by atomic mass is 16.5. The fraction of sp³-hybridized carbons (Fsp3) is 0.273. The minimum Gasteiger partial charge on any atom is -0.497 e. The maximum absolute atomic E-state index is 12.8. The molecule has 0 saturated heterocycles. The van der Waals surface area contributed by atoms with Gasteiger partial charge in [-0.25, -0.2) is 0 Å². The molecule has 2 aromatic carbocycles. The maximum Gasteiger partial charge on any atom is 0.253 e. The maximum atomic E-state index is 12.8. The highest BCUT2D eigenvalue weighted by Gasteiger charge is 2.17. The molecule has 146 valence electrons. The number of carbonyl (C=O) groups excluding carboxylic acids is 1. The summed E-state index contributed by atoms with van der Waals surface area (Å²) in [7, 11) is 5.34. The first-order chi connectivity index (χ1) is 13.4. The second-order valence-corrected chi connectivity index (χ2v) is 6.74. The van der Waals surface area contributed by atoms with Crippen molar-refractivity contribution in [2.24, 2.45) is 7.05 Å². The number of hydrogen-bond donors (Lipinski definition) is 0. The van der Waals surface area contributed by atoms with Crippen LogP contribution in [0.1, 0.15) is 27.3 Å². The van der Waals surface area contributed by atoms with Gasteiger partial charge in [-0.15, -0.1) is 0 Å². The number of aryl methyl sites for hydroxylation is 2. The Hall–Kier alpha value is -3.28. The van der Waals surface area contributed by atoms with Crippen molar-refractivity contribution >= 4 is 5.91 Å². The van der Waals surface area contributed by atoms with E-state index in [4.69, 9.17) is 9.47 Å². The van der Waals surface area contributed by atoms with Gasteiger partial charge >= 0.3 is 0 Å². The lowest BCUT2D eigenvalue weighted by molar-refractivity contribution is 0.0784. The number of benzene rings is 2. The van der Waals surface area contributed by atoms with Crippen molar-refractivity contribution in [3.8, 4) is 17.2 Å². The minimum absolute atomic E-state index is 0.0429. The summed E-state index contributed by atoms with van der Waals surface area (Å²) in [5.74, 6) is 2.11. The molecule has 0 N–H and O–H groups in total. The Morgan fingerprint density at radius 1 is 1.00 bits per heavy atom. The lowest BCUT2D eigenvalue weighted by atomic mass is 10.1. The minimum atomic E-state index is -0.0429. The molecule has 1 amide bonds.